The highest BCUT2D eigenvalue weighted by molar-refractivity contribution is 5.85. The lowest BCUT2D eigenvalue weighted by molar-refractivity contribution is -0.148. The zero-order valence-corrected chi connectivity index (χ0v) is 14.7. The van der Waals surface area contributed by atoms with Gasteiger partial charge in [0.2, 0.25) is 0 Å². The van der Waals surface area contributed by atoms with Crippen molar-refractivity contribution in [3.8, 4) is 11.1 Å². The van der Waals surface area contributed by atoms with E-state index in [2.05, 4.69) is 10.1 Å². The number of fused-ring (bicyclic) bond motifs is 3. The minimum atomic E-state index is -1.30. The van der Waals surface area contributed by atoms with E-state index in [1.54, 1.807) is 0 Å². The van der Waals surface area contributed by atoms with Crippen LogP contribution in [-0.2, 0) is 19.1 Å². The molecule has 0 saturated heterocycles. The fraction of sp³-hybridized carbons (Fsp3) is 0.250. The predicted molar refractivity (Wildman–Crippen MR) is 96.3 cm³/mol. The quantitative estimate of drug-likeness (QED) is 0.759. The van der Waals surface area contributed by atoms with Gasteiger partial charge in [0.25, 0.3) is 0 Å². The van der Waals surface area contributed by atoms with E-state index < -0.39 is 30.5 Å². The van der Waals surface area contributed by atoms with Gasteiger partial charge in [0.15, 0.2) is 0 Å². The summed E-state index contributed by atoms with van der Waals surface area (Å²) in [4.78, 5) is 34.6. The molecule has 0 bridgehead atoms. The lowest BCUT2D eigenvalue weighted by atomic mass is 9.98. The molecule has 0 spiro atoms. The van der Waals surface area contributed by atoms with Gasteiger partial charge in [-0.25, -0.2) is 9.59 Å². The Labute approximate surface area is 155 Å². The van der Waals surface area contributed by atoms with Crippen LogP contribution in [0.4, 0.5) is 4.79 Å². The summed E-state index contributed by atoms with van der Waals surface area (Å²) in [6.07, 6.45) is -1.45. The summed E-state index contributed by atoms with van der Waals surface area (Å²) in [6.45, 7) is 0.0703. The summed E-state index contributed by atoms with van der Waals surface area (Å²) in [6, 6.07) is 14.5. The van der Waals surface area contributed by atoms with Crippen molar-refractivity contribution in [3.63, 3.8) is 0 Å². The monoisotopic (exact) mass is 369 g/mol. The van der Waals surface area contributed by atoms with Crippen molar-refractivity contribution < 1.29 is 29.0 Å². The minimum absolute atomic E-state index is 0.0703. The van der Waals surface area contributed by atoms with E-state index in [1.807, 2.05) is 48.5 Å². The minimum Gasteiger partial charge on any atom is -0.481 e. The fourth-order valence-electron chi connectivity index (χ4n) is 3.29. The number of carbonyl (C=O) groups excluding carboxylic acids is 2. The molecule has 7 heteroatoms. The number of hydrogen-bond acceptors (Lipinski definition) is 5. The van der Waals surface area contributed by atoms with Crippen LogP contribution in [0.2, 0.25) is 0 Å². The number of aliphatic carboxylic acids is 1. The van der Waals surface area contributed by atoms with E-state index in [1.165, 1.54) is 0 Å². The fourth-order valence-corrected chi connectivity index (χ4v) is 3.29. The topological polar surface area (TPSA) is 102 Å². The number of benzene rings is 2. The van der Waals surface area contributed by atoms with Crippen molar-refractivity contribution in [1.29, 1.82) is 0 Å². The van der Waals surface area contributed by atoms with Crippen molar-refractivity contribution in [2.75, 3.05) is 13.7 Å². The number of amides is 1. The molecule has 140 valence electrons. The van der Waals surface area contributed by atoms with Gasteiger partial charge in [0, 0.05) is 5.92 Å². The van der Waals surface area contributed by atoms with Crippen LogP contribution in [-0.4, -0.2) is 42.9 Å². The second-order valence-corrected chi connectivity index (χ2v) is 6.14. The van der Waals surface area contributed by atoms with E-state index in [0.29, 0.717) is 0 Å². The maximum Gasteiger partial charge on any atom is 0.407 e. The Morgan fingerprint density at radius 1 is 1.04 bits per heavy atom. The van der Waals surface area contributed by atoms with Crippen molar-refractivity contribution in [2.45, 2.75) is 18.4 Å². The third-order valence-electron chi connectivity index (χ3n) is 4.50. The van der Waals surface area contributed by atoms with Crippen LogP contribution in [0, 0.1) is 0 Å². The molecule has 0 heterocycles. The maximum atomic E-state index is 12.1. The zero-order chi connectivity index (χ0) is 19.4. The van der Waals surface area contributed by atoms with E-state index in [9.17, 15) is 14.4 Å². The van der Waals surface area contributed by atoms with Gasteiger partial charge >= 0.3 is 18.0 Å². The summed E-state index contributed by atoms with van der Waals surface area (Å²) in [5.74, 6) is -2.20. The number of rotatable bonds is 6. The highest BCUT2D eigenvalue weighted by Gasteiger charge is 2.30. The first kappa shape index (κ1) is 18.4. The first-order chi connectivity index (χ1) is 13.0. The average molecular weight is 369 g/mol. The number of nitrogens with one attached hydrogen (secondary N) is 1. The van der Waals surface area contributed by atoms with Gasteiger partial charge in [0.1, 0.15) is 12.6 Å². The first-order valence-corrected chi connectivity index (χ1v) is 8.42. The number of carboxylic acids is 1. The van der Waals surface area contributed by atoms with Gasteiger partial charge in [-0.15, -0.1) is 0 Å². The number of esters is 1. The lowest BCUT2D eigenvalue weighted by Crippen LogP contribution is -2.43. The third-order valence-corrected chi connectivity index (χ3v) is 4.50. The Balaban J connectivity index is 1.70. The molecule has 0 aliphatic heterocycles. The third kappa shape index (κ3) is 3.92. The molecule has 0 unspecified atom stereocenters. The van der Waals surface area contributed by atoms with Crippen molar-refractivity contribution in [1.82, 2.24) is 5.32 Å². The summed E-state index contributed by atoms with van der Waals surface area (Å²) < 4.78 is 9.81. The van der Waals surface area contributed by atoms with E-state index in [-0.39, 0.29) is 12.5 Å². The zero-order valence-electron chi connectivity index (χ0n) is 14.7. The lowest BCUT2D eigenvalue weighted by Gasteiger charge is -2.17. The SMILES string of the molecule is COC(=O)[C@H](CC(=O)O)NC(=O)OCC1c2ccccc2-c2ccccc21. The summed E-state index contributed by atoms with van der Waals surface area (Å²) >= 11 is 0. The molecule has 27 heavy (non-hydrogen) atoms. The van der Waals surface area contributed by atoms with Crippen LogP contribution in [0.5, 0.6) is 0 Å². The molecule has 2 aromatic rings. The van der Waals surface area contributed by atoms with Gasteiger partial charge in [-0.2, -0.15) is 0 Å². The number of carboxylic acid groups (broad SMARTS) is 1. The van der Waals surface area contributed by atoms with Crippen LogP contribution in [0.1, 0.15) is 23.5 Å². The first-order valence-electron chi connectivity index (χ1n) is 8.42. The van der Waals surface area contributed by atoms with Crippen LogP contribution < -0.4 is 5.32 Å². The molecule has 2 aromatic carbocycles. The van der Waals surface area contributed by atoms with Crippen LogP contribution in [0.3, 0.4) is 0 Å². The van der Waals surface area contributed by atoms with Crippen LogP contribution in [0.15, 0.2) is 48.5 Å². The molecule has 1 aliphatic rings. The Morgan fingerprint density at radius 3 is 2.11 bits per heavy atom. The smallest absolute Gasteiger partial charge is 0.407 e. The van der Waals surface area contributed by atoms with Gasteiger partial charge in [-0.1, -0.05) is 48.5 Å². The second kappa shape index (κ2) is 7.90. The molecule has 1 aliphatic carbocycles. The Morgan fingerprint density at radius 2 is 1.59 bits per heavy atom. The highest BCUT2D eigenvalue weighted by atomic mass is 16.6. The van der Waals surface area contributed by atoms with Gasteiger partial charge in [-0.3, -0.25) is 4.79 Å². The number of hydrogen-bond donors (Lipinski definition) is 2. The predicted octanol–water partition coefficient (Wildman–Crippen LogP) is 2.54. The number of methoxy groups -OCH3 is 1. The van der Waals surface area contributed by atoms with Crippen molar-refractivity contribution in [3.05, 3.63) is 59.7 Å². The van der Waals surface area contributed by atoms with Gasteiger partial charge in [0.05, 0.1) is 13.5 Å². The second-order valence-electron chi connectivity index (χ2n) is 6.14. The Hall–Kier alpha value is -3.35. The van der Waals surface area contributed by atoms with Crippen molar-refractivity contribution >= 4 is 18.0 Å². The molecular formula is C20H19NO6. The molecule has 0 radical (unpaired) electrons. The molecule has 3 rings (SSSR count). The van der Waals surface area contributed by atoms with E-state index in [0.717, 1.165) is 29.4 Å². The molecule has 7 nitrogen and oxygen atoms in total. The Bertz CT molecular complexity index is 833. The molecule has 1 amide bonds. The Kier molecular flexibility index (Phi) is 5.40. The molecular weight excluding hydrogens is 350 g/mol. The van der Waals surface area contributed by atoms with E-state index in [4.69, 9.17) is 9.84 Å². The molecule has 0 aromatic heterocycles. The summed E-state index contributed by atoms with van der Waals surface area (Å²) in [5, 5.41) is 11.1. The maximum absolute atomic E-state index is 12.1. The summed E-state index contributed by atoms with van der Waals surface area (Å²) in [5.41, 5.74) is 4.31. The van der Waals surface area contributed by atoms with E-state index >= 15 is 0 Å². The standard InChI is InChI=1S/C20H19NO6/c1-26-19(24)17(10-18(22)23)21-20(25)27-11-16-14-8-4-2-6-12(14)13-7-3-5-9-15(13)16/h2-9,16-17H,10-11H2,1H3,(H,21,25)(H,22,23)/t17-/m0/s1. The molecule has 0 fully saturated rings. The highest BCUT2D eigenvalue weighted by Crippen LogP contribution is 2.44. The van der Waals surface area contributed by atoms with Gasteiger partial charge in [-0.05, 0) is 22.3 Å². The number of ether oxygens (including phenoxy) is 2. The van der Waals surface area contributed by atoms with Crippen LogP contribution >= 0.6 is 0 Å². The molecule has 1 atom stereocenters. The average Bonchev–Trinajstić information content (AvgIpc) is 2.99. The molecule has 0 saturated carbocycles. The normalized spacial score (nSPS) is 13.2. The summed E-state index contributed by atoms with van der Waals surface area (Å²) in [7, 11) is 1.12. The number of carbonyl (C=O) groups is 3. The van der Waals surface area contributed by atoms with Gasteiger partial charge < -0.3 is 19.9 Å². The van der Waals surface area contributed by atoms with Crippen molar-refractivity contribution in [2.24, 2.45) is 0 Å². The number of alkyl carbamates (subject to hydrolysis) is 1. The molecule has 2 N–H and O–H groups in total. The van der Waals surface area contributed by atoms with Crippen LogP contribution in [0.25, 0.3) is 11.1 Å². The largest absolute Gasteiger partial charge is 0.481 e.